The average molecular weight is 337 g/mol. The largest absolute Gasteiger partial charge is 0.464 e. The SMILES string of the molecule is N#Cc1c(-c2ccco2)cc(-c2ccc(-c3ccccc3)cc2)nc1N. The van der Waals surface area contributed by atoms with Gasteiger partial charge in [-0.25, -0.2) is 4.98 Å². The minimum absolute atomic E-state index is 0.198. The van der Waals surface area contributed by atoms with Crippen LogP contribution in [0.2, 0.25) is 0 Å². The van der Waals surface area contributed by atoms with E-state index in [9.17, 15) is 5.26 Å². The predicted molar refractivity (Wildman–Crippen MR) is 102 cm³/mol. The molecule has 2 aromatic carbocycles. The Morgan fingerprint density at radius 1 is 0.846 bits per heavy atom. The second-order valence-electron chi connectivity index (χ2n) is 5.85. The van der Waals surface area contributed by atoms with Gasteiger partial charge in [0, 0.05) is 11.1 Å². The van der Waals surface area contributed by atoms with Crippen LogP contribution in [0.15, 0.2) is 83.5 Å². The lowest BCUT2D eigenvalue weighted by molar-refractivity contribution is 0.582. The molecule has 2 heterocycles. The van der Waals surface area contributed by atoms with Gasteiger partial charge in [-0.05, 0) is 29.3 Å². The van der Waals surface area contributed by atoms with E-state index in [4.69, 9.17) is 10.2 Å². The molecule has 0 saturated carbocycles. The van der Waals surface area contributed by atoms with Crippen molar-refractivity contribution in [3.63, 3.8) is 0 Å². The molecule has 0 spiro atoms. The van der Waals surface area contributed by atoms with E-state index in [0.717, 1.165) is 16.7 Å². The van der Waals surface area contributed by atoms with Crippen molar-refractivity contribution in [3.8, 4) is 39.8 Å². The lowest BCUT2D eigenvalue weighted by atomic mass is 10.00. The number of nitrogens with two attached hydrogens (primary N) is 1. The molecule has 0 aliphatic rings. The number of pyridine rings is 1. The smallest absolute Gasteiger partial charge is 0.142 e. The van der Waals surface area contributed by atoms with E-state index < -0.39 is 0 Å². The first-order valence-electron chi connectivity index (χ1n) is 8.16. The lowest BCUT2D eigenvalue weighted by Crippen LogP contribution is -1.99. The van der Waals surface area contributed by atoms with Crippen LogP contribution in [0.4, 0.5) is 5.82 Å². The molecule has 0 saturated heterocycles. The Kier molecular flexibility index (Phi) is 3.97. The van der Waals surface area contributed by atoms with Crippen molar-refractivity contribution in [2.45, 2.75) is 0 Å². The van der Waals surface area contributed by atoms with Crippen molar-refractivity contribution in [2.24, 2.45) is 0 Å². The molecular weight excluding hydrogens is 322 g/mol. The molecule has 0 atom stereocenters. The molecule has 2 N–H and O–H groups in total. The summed E-state index contributed by atoms with van der Waals surface area (Å²) in [5.41, 5.74) is 10.9. The zero-order valence-electron chi connectivity index (χ0n) is 13.9. The molecule has 4 aromatic rings. The molecule has 4 nitrogen and oxygen atoms in total. The maximum Gasteiger partial charge on any atom is 0.142 e. The van der Waals surface area contributed by atoms with Crippen LogP contribution < -0.4 is 5.73 Å². The Morgan fingerprint density at radius 3 is 2.19 bits per heavy atom. The quantitative estimate of drug-likeness (QED) is 0.562. The van der Waals surface area contributed by atoms with Crippen LogP contribution >= 0.6 is 0 Å². The molecule has 0 radical (unpaired) electrons. The minimum atomic E-state index is 0.198. The fraction of sp³-hybridized carbons (Fsp3) is 0. The summed E-state index contributed by atoms with van der Waals surface area (Å²) in [5, 5.41) is 9.41. The zero-order chi connectivity index (χ0) is 17.9. The number of furan rings is 1. The van der Waals surface area contributed by atoms with Crippen LogP contribution in [0, 0.1) is 11.3 Å². The van der Waals surface area contributed by atoms with Gasteiger partial charge >= 0.3 is 0 Å². The van der Waals surface area contributed by atoms with Gasteiger partial charge in [-0.15, -0.1) is 0 Å². The van der Waals surface area contributed by atoms with Crippen LogP contribution in [0.3, 0.4) is 0 Å². The molecule has 0 fully saturated rings. The first-order chi connectivity index (χ1) is 12.8. The van der Waals surface area contributed by atoms with Crippen molar-refractivity contribution in [2.75, 3.05) is 5.73 Å². The van der Waals surface area contributed by atoms with E-state index in [1.165, 1.54) is 0 Å². The summed E-state index contributed by atoms with van der Waals surface area (Å²) in [5.74, 6) is 0.793. The zero-order valence-corrected chi connectivity index (χ0v) is 13.9. The first-order valence-corrected chi connectivity index (χ1v) is 8.16. The van der Waals surface area contributed by atoms with Crippen LogP contribution in [0.25, 0.3) is 33.7 Å². The van der Waals surface area contributed by atoms with Crippen molar-refractivity contribution in [1.82, 2.24) is 4.98 Å². The molecule has 124 valence electrons. The van der Waals surface area contributed by atoms with Crippen molar-refractivity contribution >= 4 is 5.82 Å². The first kappa shape index (κ1) is 15.7. The third-order valence-corrected chi connectivity index (χ3v) is 4.23. The number of rotatable bonds is 3. The normalized spacial score (nSPS) is 10.4. The van der Waals surface area contributed by atoms with Crippen LogP contribution in [0.1, 0.15) is 5.56 Å². The predicted octanol–water partition coefficient (Wildman–Crippen LogP) is 5.13. The van der Waals surface area contributed by atoms with Gasteiger partial charge in [0.05, 0.1) is 12.0 Å². The fourth-order valence-electron chi connectivity index (χ4n) is 2.92. The molecule has 26 heavy (non-hydrogen) atoms. The van der Waals surface area contributed by atoms with Gasteiger partial charge in [-0.1, -0.05) is 54.6 Å². The number of hydrogen-bond donors (Lipinski definition) is 1. The highest BCUT2D eigenvalue weighted by atomic mass is 16.3. The molecule has 0 bridgehead atoms. The summed E-state index contributed by atoms with van der Waals surface area (Å²) in [6, 6.07) is 25.8. The van der Waals surface area contributed by atoms with E-state index in [-0.39, 0.29) is 5.82 Å². The highest BCUT2D eigenvalue weighted by Crippen LogP contribution is 2.32. The van der Waals surface area contributed by atoms with Crippen molar-refractivity contribution in [3.05, 3.63) is 84.6 Å². The standard InChI is InChI=1S/C22H15N3O/c23-14-19-18(21-7-4-12-26-21)13-20(25-22(19)24)17-10-8-16(9-11-17)15-5-2-1-3-6-15/h1-13H,(H2,24,25). The Bertz CT molecular complexity index is 1080. The number of nitriles is 1. The highest BCUT2D eigenvalue weighted by molar-refractivity contribution is 5.78. The van der Waals surface area contributed by atoms with Crippen LogP contribution in [0.5, 0.6) is 0 Å². The Balaban J connectivity index is 1.78. The Labute approximate surface area is 151 Å². The number of anilines is 1. The molecular formula is C22H15N3O. The van der Waals surface area contributed by atoms with Gasteiger partial charge in [0.25, 0.3) is 0 Å². The number of nitrogens with zero attached hydrogens (tertiary/aromatic N) is 2. The van der Waals surface area contributed by atoms with Crippen molar-refractivity contribution in [1.29, 1.82) is 5.26 Å². The Hall–Kier alpha value is -3.84. The molecule has 4 heteroatoms. The third-order valence-electron chi connectivity index (χ3n) is 4.23. The summed E-state index contributed by atoms with van der Waals surface area (Å²) >= 11 is 0. The Morgan fingerprint density at radius 2 is 1.54 bits per heavy atom. The van der Waals surface area contributed by atoms with E-state index in [2.05, 4.69) is 23.2 Å². The van der Waals surface area contributed by atoms with E-state index in [1.807, 2.05) is 48.5 Å². The van der Waals surface area contributed by atoms with Gasteiger partial charge in [-0.3, -0.25) is 0 Å². The summed E-state index contributed by atoms with van der Waals surface area (Å²) in [6.45, 7) is 0. The monoisotopic (exact) mass is 337 g/mol. The van der Waals surface area contributed by atoms with Gasteiger partial charge in [-0.2, -0.15) is 5.26 Å². The maximum absolute atomic E-state index is 9.41. The molecule has 4 rings (SSSR count). The summed E-state index contributed by atoms with van der Waals surface area (Å²) in [7, 11) is 0. The minimum Gasteiger partial charge on any atom is -0.464 e. The maximum atomic E-state index is 9.41. The van der Waals surface area contributed by atoms with Crippen LogP contribution in [-0.2, 0) is 0 Å². The van der Waals surface area contributed by atoms with Gasteiger partial charge < -0.3 is 10.2 Å². The highest BCUT2D eigenvalue weighted by Gasteiger charge is 2.15. The van der Waals surface area contributed by atoms with E-state index in [1.54, 1.807) is 18.4 Å². The third kappa shape index (κ3) is 2.83. The lowest BCUT2D eigenvalue weighted by Gasteiger charge is -2.09. The number of aromatic nitrogens is 1. The molecule has 2 aromatic heterocycles. The summed E-state index contributed by atoms with van der Waals surface area (Å²) in [6.07, 6.45) is 1.57. The molecule has 0 unspecified atom stereocenters. The topological polar surface area (TPSA) is 75.8 Å². The fourth-order valence-corrected chi connectivity index (χ4v) is 2.92. The summed E-state index contributed by atoms with van der Waals surface area (Å²) < 4.78 is 5.45. The van der Waals surface area contributed by atoms with Gasteiger partial charge in [0.1, 0.15) is 23.2 Å². The van der Waals surface area contributed by atoms with E-state index in [0.29, 0.717) is 22.6 Å². The molecule has 0 aliphatic heterocycles. The summed E-state index contributed by atoms with van der Waals surface area (Å²) in [4.78, 5) is 4.40. The molecule has 0 aliphatic carbocycles. The van der Waals surface area contributed by atoms with Crippen LogP contribution in [-0.4, -0.2) is 4.98 Å². The molecule has 0 amide bonds. The average Bonchev–Trinajstić information content (AvgIpc) is 3.23. The van der Waals surface area contributed by atoms with Gasteiger partial charge in [0.2, 0.25) is 0 Å². The number of benzene rings is 2. The number of hydrogen-bond acceptors (Lipinski definition) is 4. The van der Waals surface area contributed by atoms with Gasteiger partial charge in [0.15, 0.2) is 0 Å². The number of nitrogen functional groups attached to an aromatic ring is 1. The van der Waals surface area contributed by atoms with E-state index >= 15 is 0 Å². The second kappa shape index (κ2) is 6.58. The van der Waals surface area contributed by atoms with Crippen molar-refractivity contribution < 1.29 is 4.42 Å². The second-order valence-corrected chi connectivity index (χ2v) is 5.85.